The third-order valence-corrected chi connectivity index (χ3v) is 2.91. The number of aromatic nitrogens is 2. The van der Waals surface area contributed by atoms with E-state index in [2.05, 4.69) is 9.97 Å². The van der Waals surface area contributed by atoms with E-state index in [9.17, 15) is 0 Å². The first-order valence-corrected chi connectivity index (χ1v) is 5.62. The molecule has 0 aliphatic rings. The van der Waals surface area contributed by atoms with Gasteiger partial charge in [-0.15, -0.1) is 0 Å². The molecule has 0 aliphatic carbocycles. The summed E-state index contributed by atoms with van der Waals surface area (Å²) in [6.45, 7) is 0. The minimum atomic E-state index is 0.156. The number of nitrogen functional groups attached to an aromatic ring is 2. The number of halogens is 2. The SMILES string of the molecule is Nc1ncc(Cc2cc(Cl)ccc2Cl)c(N)n1. The van der Waals surface area contributed by atoms with Gasteiger partial charge in [-0.25, -0.2) is 4.98 Å². The van der Waals surface area contributed by atoms with Crippen molar-refractivity contribution in [1.82, 2.24) is 9.97 Å². The van der Waals surface area contributed by atoms with Gasteiger partial charge in [-0.1, -0.05) is 23.2 Å². The zero-order valence-corrected chi connectivity index (χ0v) is 10.3. The van der Waals surface area contributed by atoms with Gasteiger partial charge in [0.1, 0.15) is 5.82 Å². The summed E-state index contributed by atoms with van der Waals surface area (Å²) in [4.78, 5) is 7.79. The van der Waals surface area contributed by atoms with Crippen molar-refractivity contribution in [2.24, 2.45) is 0 Å². The number of rotatable bonds is 2. The van der Waals surface area contributed by atoms with Crippen LogP contribution >= 0.6 is 23.2 Å². The standard InChI is InChI=1S/C11H10Cl2N4/c12-8-1-2-9(13)6(4-8)3-7-5-16-11(15)17-10(7)14/h1-2,4-5H,3H2,(H4,14,15,16,17). The predicted octanol–water partition coefficient (Wildman–Crippen LogP) is 2.54. The summed E-state index contributed by atoms with van der Waals surface area (Å²) in [6, 6.07) is 5.27. The number of nitrogens with zero attached hydrogens (tertiary/aromatic N) is 2. The van der Waals surface area contributed by atoms with Crippen molar-refractivity contribution >= 4 is 35.0 Å². The van der Waals surface area contributed by atoms with E-state index in [-0.39, 0.29) is 5.95 Å². The van der Waals surface area contributed by atoms with Gasteiger partial charge in [0.05, 0.1) is 0 Å². The van der Waals surface area contributed by atoms with Crippen LogP contribution in [0.1, 0.15) is 11.1 Å². The Morgan fingerprint density at radius 1 is 1.12 bits per heavy atom. The van der Waals surface area contributed by atoms with E-state index in [0.29, 0.717) is 22.3 Å². The normalized spacial score (nSPS) is 10.5. The van der Waals surface area contributed by atoms with E-state index in [1.807, 2.05) is 0 Å². The lowest BCUT2D eigenvalue weighted by atomic mass is 10.1. The minimum Gasteiger partial charge on any atom is -0.383 e. The quantitative estimate of drug-likeness (QED) is 0.878. The van der Waals surface area contributed by atoms with Gasteiger partial charge in [-0.05, 0) is 23.8 Å². The Morgan fingerprint density at radius 2 is 1.88 bits per heavy atom. The number of benzene rings is 1. The first-order chi connectivity index (χ1) is 8.06. The molecule has 0 unspecified atom stereocenters. The van der Waals surface area contributed by atoms with E-state index >= 15 is 0 Å². The maximum Gasteiger partial charge on any atom is 0.221 e. The highest BCUT2D eigenvalue weighted by atomic mass is 35.5. The molecule has 6 heteroatoms. The molecule has 17 heavy (non-hydrogen) atoms. The predicted molar refractivity (Wildman–Crippen MR) is 70.1 cm³/mol. The summed E-state index contributed by atoms with van der Waals surface area (Å²) in [5, 5.41) is 1.25. The molecule has 0 amide bonds. The summed E-state index contributed by atoms with van der Waals surface area (Å²) in [6.07, 6.45) is 2.11. The van der Waals surface area contributed by atoms with Crippen LogP contribution in [0.5, 0.6) is 0 Å². The van der Waals surface area contributed by atoms with Crippen LogP contribution in [0.25, 0.3) is 0 Å². The van der Waals surface area contributed by atoms with Crippen LogP contribution in [-0.4, -0.2) is 9.97 Å². The van der Waals surface area contributed by atoms with Crippen LogP contribution in [0, 0.1) is 0 Å². The molecule has 2 rings (SSSR count). The fourth-order valence-corrected chi connectivity index (χ4v) is 1.83. The summed E-state index contributed by atoms with van der Waals surface area (Å²) in [5.41, 5.74) is 12.8. The molecule has 0 atom stereocenters. The average Bonchev–Trinajstić information content (AvgIpc) is 2.27. The second kappa shape index (κ2) is 4.77. The van der Waals surface area contributed by atoms with Crippen molar-refractivity contribution in [2.75, 3.05) is 11.5 Å². The van der Waals surface area contributed by atoms with Crippen molar-refractivity contribution in [3.63, 3.8) is 0 Å². The summed E-state index contributed by atoms with van der Waals surface area (Å²) < 4.78 is 0. The van der Waals surface area contributed by atoms with Crippen LogP contribution < -0.4 is 11.5 Å². The molecule has 0 fully saturated rings. The maximum absolute atomic E-state index is 6.06. The third kappa shape index (κ3) is 2.78. The first-order valence-electron chi connectivity index (χ1n) is 4.87. The molecule has 0 saturated carbocycles. The van der Waals surface area contributed by atoms with Crippen molar-refractivity contribution in [3.8, 4) is 0 Å². The van der Waals surface area contributed by atoms with Crippen molar-refractivity contribution in [1.29, 1.82) is 0 Å². The number of hydrogen-bond donors (Lipinski definition) is 2. The van der Waals surface area contributed by atoms with Crippen LogP contribution in [0.3, 0.4) is 0 Å². The second-order valence-corrected chi connectivity index (χ2v) is 4.39. The summed E-state index contributed by atoms with van der Waals surface area (Å²) in [5.74, 6) is 0.511. The van der Waals surface area contributed by atoms with E-state index in [1.54, 1.807) is 24.4 Å². The average molecular weight is 269 g/mol. The zero-order valence-electron chi connectivity index (χ0n) is 8.82. The van der Waals surface area contributed by atoms with E-state index in [0.717, 1.165) is 11.1 Å². The van der Waals surface area contributed by atoms with E-state index in [1.165, 1.54) is 0 Å². The summed E-state index contributed by atoms with van der Waals surface area (Å²) in [7, 11) is 0. The van der Waals surface area contributed by atoms with Crippen molar-refractivity contribution in [2.45, 2.75) is 6.42 Å². The fourth-order valence-electron chi connectivity index (χ4n) is 1.45. The largest absolute Gasteiger partial charge is 0.383 e. The molecule has 0 spiro atoms. The smallest absolute Gasteiger partial charge is 0.221 e. The Balaban J connectivity index is 2.34. The zero-order chi connectivity index (χ0) is 12.4. The topological polar surface area (TPSA) is 77.8 Å². The summed E-state index contributed by atoms with van der Waals surface area (Å²) >= 11 is 12.0. The van der Waals surface area contributed by atoms with Crippen LogP contribution in [-0.2, 0) is 6.42 Å². The Bertz CT molecular complexity index is 557. The third-order valence-electron chi connectivity index (χ3n) is 2.31. The van der Waals surface area contributed by atoms with Crippen LogP contribution in [0.15, 0.2) is 24.4 Å². The van der Waals surface area contributed by atoms with Crippen molar-refractivity contribution < 1.29 is 0 Å². The highest BCUT2D eigenvalue weighted by molar-refractivity contribution is 6.33. The lowest BCUT2D eigenvalue weighted by Crippen LogP contribution is -2.04. The lowest BCUT2D eigenvalue weighted by Gasteiger charge is -2.07. The van der Waals surface area contributed by atoms with Crippen molar-refractivity contribution in [3.05, 3.63) is 45.6 Å². The molecule has 1 heterocycles. The van der Waals surface area contributed by atoms with Gasteiger partial charge < -0.3 is 11.5 Å². The Kier molecular flexibility index (Phi) is 3.36. The van der Waals surface area contributed by atoms with Gasteiger partial charge in [0, 0.05) is 28.2 Å². The number of nitrogens with two attached hydrogens (primary N) is 2. The number of anilines is 2. The molecule has 4 N–H and O–H groups in total. The van der Waals surface area contributed by atoms with E-state index in [4.69, 9.17) is 34.7 Å². The van der Waals surface area contributed by atoms with Gasteiger partial charge in [0.15, 0.2) is 0 Å². The Morgan fingerprint density at radius 3 is 2.59 bits per heavy atom. The highest BCUT2D eigenvalue weighted by Crippen LogP contribution is 2.24. The molecule has 2 aromatic rings. The molecule has 0 bridgehead atoms. The van der Waals surface area contributed by atoms with Gasteiger partial charge in [-0.2, -0.15) is 4.98 Å². The Hall–Kier alpha value is -1.52. The fraction of sp³-hybridized carbons (Fsp3) is 0.0909. The van der Waals surface area contributed by atoms with Gasteiger partial charge in [0.25, 0.3) is 0 Å². The van der Waals surface area contributed by atoms with Gasteiger partial charge >= 0.3 is 0 Å². The van der Waals surface area contributed by atoms with E-state index < -0.39 is 0 Å². The molecule has 0 saturated heterocycles. The minimum absolute atomic E-state index is 0.156. The Labute approximate surface area is 109 Å². The molecule has 0 aliphatic heterocycles. The number of hydrogen-bond acceptors (Lipinski definition) is 4. The highest BCUT2D eigenvalue weighted by Gasteiger charge is 2.07. The molecule has 88 valence electrons. The molecule has 1 aromatic carbocycles. The van der Waals surface area contributed by atoms with Gasteiger partial charge in [-0.3, -0.25) is 0 Å². The second-order valence-electron chi connectivity index (χ2n) is 3.55. The van der Waals surface area contributed by atoms with Crippen LogP contribution in [0.2, 0.25) is 10.0 Å². The molecular formula is C11H10Cl2N4. The lowest BCUT2D eigenvalue weighted by molar-refractivity contribution is 1.09. The monoisotopic (exact) mass is 268 g/mol. The molecular weight excluding hydrogens is 259 g/mol. The van der Waals surface area contributed by atoms with Gasteiger partial charge in [0.2, 0.25) is 5.95 Å². The van der Waals surface area contributed by atoms with Crippen LogP contribution in [0.4, 0.5) is 11.8 Å². The first kappa shape index (κ1) is 12.0. The molecule has 4 nitrogen and oxygen atoms in total. The molecule has 0 radical (unpaired) electrons. The molecule has 1 aromatic heterocycles. The maximum atomic E-state index is 6.06.